The van der Waals surface area contributed by atoms with Gasteiger partial charge in [0.15, 0.2) is 5.11 Å². The molecule has 0 aromatic heterocycles. The van der Waals surface area contributed by atoms with E-state index in [-0.39, 0.29) is 16.4 Å². The molecule has 34 heavy (non-hydrogen) atoms. The van der Waals surface area contributed by atoms with Gasteiger partial charge in [-0.05, 0) is 99.4 Å². The zero-order valence-electron chi connectivity index (χ0n) is 17.2. The summed E-state index contributed by atoms with van der Waals surface area (Å²) in [6.07, 6.45) is 1.45. The molecule has 1 saturated heterocycles. The second-order valence-electron chi connectivity index (χ2n) is 7.10. The third-order valence-corrected chi connectivity index (χ3v) is 7.11. The molecule has 3 aromatic rings. The Labute approximate surface area is 232 Å². The van der Waals surface area contributed by atoms with E-state index in [2.05, 4.69) is 50.5 Å². The lowest BCUT2D eigenvalue weighted by molar-refractivity contribution is -0.122. The number of carbonyl (C=O) groups is 2. The molecule has 2 amide bonds. The highest BCUT2D eigenvalue weighted by Gasteiger charge is 2.35. The van der Waals surface area contributed by atoms with Gasteiger partial charge in [-0.3, -0.25) is 14.9 Å². The molecule has 0 bridgehead atoms. The molecule has 172 valence electrons. The van der Waals surface area contributed by atoms with Gasteiger partial charge in [0.05, 0.1) is 12.8 Å². The molecule has 1 N–H and O–H groups in total. The average Bonchev–Trinajstić information content (AvgIpc) is 2.78. The second-order valence-corrected chi connectivity index (χ2v) is 10.2. The van der Waals surface area contributed by atoms with Crippen molar-refractivity contribution >= 4 is 97.7 Å². The number of ether oxygens (including phenoxy) is 1. The topological polar surface area (TPSA) is 58.6 Å². The van der Waals surface area contributed by atoms with Gasteiger partial charge in [-0.15, -0.1) is 0 Å². The summed E-state index contributed by atoms with van der Waals surface area (Å²) in [5.41, 5.74) is 1.28. The molecule has 3 aromatic carbocycles. The standard InChI is InChI=1S/C24H14ClFI2N2O3S/c25-16-6-2-1-5-14(16)12-33-21-18(27)10-13(11-19(21)28)9-15-22(31)29-24(34)30(23(15)32)20-8-4-3-7-17(20)26/h1-11H,12H2,(H,29,31,34)/b15-9+. The van der Waals surface area contributed by atoms with E-state index in [0.717, 1.165) is 17.6 Å². The first-order valence-corrected chi connectivity index (χ1v) is 12.7. The molecule has 1 aliphatic heterocycles. The van der Waals surface area contributed by atoms with Crippen molar-refractivity contribution in [3.8, 4) is 5.75 Å². The third kappa shape index (κ3) is 5.26. The summed E-state index contributed by atoms with van der Waals surface area (Å²) >= 11 is 15.6. The molecule has 10 heteroatoms. The molecule has 1 heterocycles. The summed E-state index contributed by atoms with van der Waals surface area (Å²) in [6, 6.07) is 16.7. The second kappa shape index (κ2) is 10.7. The largest absolute Gasteiger partial charge is 0.487 e. The van der Waals surface area contributed by atoms with Crippen LogP contribution in [0.25, 0.3) is 6.08 Å². The van der Waals surface area contributed by atoms with Crippen LogP contribution in [0, 0.1) is 13.0 Å². The molecule has 0 radical (unpaired) electrons. The van der Waals surface area contributed by atoms with Crippen molar-refractivity contribution in [3.63, 3.8) is 0 Å². The van der Waals surface area contributed by atoms with Crippen LogP contribution in [0.3, 0.4) is 0 Å². The van der Waals surface area contributed by atoms with E-state index in [0.29, 0.717) is 22.9 Å². The maximum absolute atomic E-state index is 14.3. The van der Waals surface area contributed by atoms with E-state index in [1.807, 2.05) is 18.2 Å². The van der Waals surface area contributed by atoms with Gasteiger partial charge >= 0.3 is 0 Å². The number of thiocarbonyl (C=S) groups is 1. The minimum absolute atomic E-state index is 0.0316. The number of nitrogens with one attached hydrogen (secondary N) is 1. The molecule has 0 atom stereocenters. The summed E-state index contributed by atoms with van der Waals surface area (Å²) in [7, 11) is 0. The van der Waals surface area contributed by atoms with Gasteiger partial charge in [-0.25, -0.2) is 9.29 Å². The monoisotopic (exact) mass is 718 g/mol. The van der Waals surface area contributed by atoms with Crippen molar-refractivity contribution in [2.45, 2.75) is 6.61 Å². The van der Waals surface area contributed by atoms with Gasteiger partial charge in [-0.1, -0.05) is 41.9 Å². The normalized spacial score (nSPS) is 15.0. The SMILES string of the molecule is O=C1NC(=S)N(c2ccccc2F)C(=O)/C1=C/c1cc(I)c(OCc2ccccc2Cl)c(I)c1. The lowest BCUT2D eigenvalue weighted by Crippen LogP contribution is -2.54. The Bertz CT molecular complexity index is 1340. The van der Waals surface area contributed by atoms with Crippen LogP contribution in [-0.2, 0) is 16.2 Å². The van der Waals surface area contributed by atoms with Crippen LogP contribution in [0.2, 0.25) is 5.02 Å². The van der Waals surface area contributed by atoms with Gasteiger partial charge in [0.2, 0.25) is 0 Å². The molecular weight excluding hydrogens is 705 g/mol. The fraction of sp³-hybridized carbons (Fsp3) is 0.0417. The van der Waals surface area contributed by atoms with E-state index in [9.17, 15) is 14.0 Å². The first kappa shape index (κ1) is 25.0. The quantitative estimate of drug-likeness (QED) is 0.150. The maximum atomic E-state index is 14.3. The van der Waals surface area contributed by atoms with E-state index in [4.69, 9.17) is 28.6 Å². The van der Waals surface area contributed by atoms with Crippen molar-refractivity contribution in [3.05, 3.63) is 95.3 Å². The number of para-hydroxylation sites is 1. The predicted molar refractivity (Wildman–Crippen MR) is 150 cm³/mol. The molecule has 4 rings (SSSR count). The van der Waals surface area contributed by atoms with Crippen molar-refractivity contribution in [1.29, 1.82) is 0 Å². The highest BCUT2D eigenvalue weighted by molar-refractivity contribution is 14.1. The Balaban J connectivity index is 1.63. The number of anilines is 1. The molecule has 0 unspecified atom stereocenters. The molecule has 0 aliphatic carbocycles. The van der Waals surface area contributed by atoms with E-state index in [1.54, 1.807) is 24.3 Å². The van der Waals surface area contributed by atoms with Crippen LogP contribution in [0.15, 0.2) is 66.2 Å². The zero-order valence-corrected chi connectivity index (χ0v) is 23.0. The van der Waals surface area contributed by atoms with E-state index < -0.39 is 17.6 Å². The lowest BCUT2D eigenvalue weighted by Gasteiger charge is -2.29. The third-order valence-electron chi connectivity index (χ3n) is 4.86. The van der Waals surface area contributed by atoms with E-state index >= 15 is 0 Å². The number of halogens is 4. The highest BCUT2D eigenvalue weighted by atomic mass is 127. The summed E-state index contributed by atoms with van der Waals surface area (Å²) in [4.78, 5) is 26.7. The van der Waals surface area contributed by atoms with Gasteiger partial charge in [0, 0.05) is 10.6 Å². The first-order valence-electron chi connectivity index (χ1n) is 9.77. The lowest BCUT2D eigenvalue weighted by atomic mass is 10.1. The Morgan fingerprint density at radius 2 is 1.71 bits per heavy atom. The zero-order chi connectivity index (χ0) is 24.4. The number of amides is 2. The summed E-state index contributed by atoms with van der Waals surface area (Å²) in [5, 5.41) is 2.90. The van der Waals surface area contributed by atoms with Crippen molar-refractivity contribution in [2.75, 3.05) is 4.90 Å². The van der Waals surface area contributed by atoms with Crippen LogP contribution < -0.4 is 15.0 Å². The number of hydrogen-bond acceptors (Lipinski definition) is 4. The molecule has 0 spiro atoms. The Morgan fingerprint density at radius 3 is 2.38 bits per heavy atom. The number of hydrogen-bond donors (Lipinski definition) is 1. The number of rotatable bonds is 5. The summed E-state index contributed by atoms with van der Waals surface area (Å²) in [6.45, 7) is 0.294. The fourth-order valence-electron chi connectivity index (χ4n) is 3.24. The van der Waals surface area contributed by atoms with E-state index in [1.165, 1.54) is 24.3 Å². The van der Waals surface area contributed by atoms with Crippen LogP contribution in [0.1, 0.15) is 11.1 Å². The smallest absolute Gasteiger partial charge is 0.270 e. The number of nitrogens with zero attached hydrogens (tertiary/aromatic N) is 1. The summed E-state index contributed by atoms with van der Waals surface area (Å²) < 4.78 is 21.9. The van der Waals surface area contributed by atoms with Crippen molar-refractivity contribution in [2.24, 2.45) is 0 Å². The van der Waals surface area contributed by atoms with Crippen molar-refractivity contribution < 1.29 is 18.7 Å². The molecule has 1 aliphatic rings. The fourth-order valence-corrected chi connectivity index (χ4v) is 5.83. The summed E-state index contributed by atoms with van der Waals surface area (Å²) in [5.74, 6) is -1.32. The first-order chi connectivity index (χ1) is 16.3. The molecule has 5 nitrogen and oxygen atoms in total. The molecule has 1 fully saturated rings. The average molecular weight is 719 g/mol. The Hall–Kier alpha value is -2.09. The van der Waals surface area contributed by atoms with Crippen LogP contribution >= 0.6 is 69.0 Å². The minimum atomic E-state index is -0.706. The minimum Gasteiger partial charge on any atom is -0.487 e. The number of benzene rings is 3. The number of carbonyl (C=O) groups excluding carboxylic acids is 2. The maximum Gasteiger partial charge on any atom is 0.270 e. The van der Waals surface area contributed by atoms with Gasteiger partial charge in [0.25, 0.3) is 11.8 Å². The van der Waals surface area contributed by atoms with Crippen LogP contribution in [-0.4, -0.2) is 16.9 Å². The highest BCUT2D eigenvalue weighted by Crippen LogP contribution is 2.32. The van der Waals surface area contributed by atoms with Crippen LogP contribution in [0.5, 0.6) is 5.75 Å². The van der Waals surface area contributed by atoms with Gasteiger partial charge < -0.3 is 4.74 Å². The van der Waals surface area contributed by atoms with Gasteiger partial charge in [0.1, 0.15) is 23.7 Å². The Kier molecular flexibility index (Phi) is 7.85. The van der Waals surface area contributed by atoms with Crippen LogP contribution in [0.4, 0.5) is 10.1 Å². The molecule has 0 saturated carbocycles. The molecular formula is C24H14ClFI2N2O3S. The van der Waals surface area contributed by atoms with Gasteiger partial charge in [-0.2, -0.15) is 0 Å². The Morgan fingerprint density at radius 1 is 1.06 bits per heavy atom. The predicted octanol–water partition coefficient (Wildman–Crippen LogP) is 6.10. The van der Waals surface area contributed by atoms with Crippen molar-refractivity contribution in [1.82, 2.24) is 5.32 Å².